The molecule has 2 aromatic heterocycles. The molecule has 0 spiro atoms. The number of carboxylic acids is 1. The minimum Gasteiger partial charge on any atom is -0.478 e. The molecule has 2 heterocycles. The summed E-state index contributed by atoms with van der Waals surface area (Å²) in [6.45, 7) is 5.40. The summed E-state index contributed by atoms with van der Waals surface area (Å²) in [6, 6.07) is 15.8. The monoisotopic (exact) mass is 470 g/mol. The lowest BCUT2D eigenvalue weighted by Gasteiger charge is -2.12. The molecule has 0 saturated carbocycles. The molecule has 4 N–H and O–H groups in total. The number of nitrogens with zero attached hydrogens (tertiary/aromatic N) is 3. The number of aromatic nitrogens is 3. The molecular weight excluding hydrogens is 444 g/mol. The van der Waals surface area contributed by atoms with Gasteiger partial charge in [0.2, 0.25) is 0 Å². The van der Waals surface area contributed by atoms with Gasteiger partial charge in [0.1, 0.15) is 18.0 Å². The number of aromatic carboxylic acids is 1. The molecule has 0 aliphatic rings. The molecule has 0 atom stereocenters. The third-order valence-corrected chi connectivity index (χ3v) is 5.25. The van der Waals surface area contributed by atoms with Gasteiger partial charge in [-0.2, -0.15) is 0 Å². The Balaban J connectivity index is 1.45. The van der Waals surface area contributed by atoms with E-state index in [1.807, 2.05) is 24.3 Å². The van der Waals surface area contributed by atoms with Gasteiger partial charge in [-0.25, -0.2) is 19.7 Å². The number of para-hydroxylation sites is 1. The van der Waals surface area contributed by atoms with Crippen LogP contribution in [-0.2, 0) is 6.54 Å². The number of carboxylic acid groups (broad SMARTS) is 1. The van der Waals surface area contributed by atoms with Gasteiger partial charge in [-0.15, -0.1) is 0 Å². The van der Waals surface area contributed by atoms with Crippen LogP contribution in [0.3, 0.4) is 0 Å². The summed E-state index contributed by atoms with van der Waals surface area (Å²) in [5.74, 6) is 0.386. The number of carbonyl (C=O) groups is 2. The summed E-state index contributed by atoms with van der Waals surface area (Å²) in [5, 5.41) is 19.4. The van der Waals surface area contributed by atoms with Gasteiger partial charge in [-0.1, -0.05) is 32.0 Å². The fourth-order valence-electron chi connectivity index (χ4n) is 3.53. The Bertz CT molecular complexity index is 1370. The summed E-state index contributed by atoms with van der Waals surface area (Å²) in [7, 11) is 0. The van der Waals surface area contributed by atoms with Crippen LogP contribution in [0.1, 0.15) is 40.1 Å². The first-order valence-electron chi connectivity index (χ1n) is 11.2. The molecule has 0 aliphatic heterocycles. The first kappa shape index (κ1) is 23.6. The molecule has 0 unspecified atom stereocenters. The molecule has 2 aromatic carbocycles. The van der Waals surface area contributed by atoms with E-state index in [0.717, 1.165) is 12.1 Å². The summed E-state index contributed by atoms with van der Waals surface area (Å²) < 4.78 is 0. The molecule has 4 rings (SSSR count). The van der Waals surface area contributed by atoms with Crippen molar-refractivity contribution < 1.29 is 14.7 Å². The summed E-state index contributed by atoms with van der Waals surface area (Å²) >= 11 is 0. The average Bonchev–Trinajstić information content (AvgIpc) is 2.86. The van der Waals surface area contributed by atoms with Gasteiger partial charge in [0.25, 0.3) is 5.91 Å². The first-order valence-corrected chi connectivity index (χ1v) is 11.2. The highest BCUT2D eigenvalue weighted by Gasteiger charge is 2.13. The van der Waals surface area contributed by atoms with Gasteiger partial charge in [-0.3, -0.25) is 4.79 Å². The molecular formula is C26H26N6O3. The van der Waals surface area contributed by atoms with Crippen molar-refractivity contribution in [3.05, 3.63) is 83.8 Å². The molecule has 0 radical (unpaired) electrons. The van der Waals surface area contributed by atoms with Gasteiger partial charge in [0.15, 0.2) is 0 Å². The predicted molar refractivity (Wildman–Crippen MR) is 136 cm³/mol. The third kappa shape index (κ3) is 5.89. The van der Waals surface area contributed by atoms with Crippen molar-refractivity contribution in [1.82, 2.24) is 15.0 Å². The zero-order chi connectivity index (χ0) is 24.8. The van der Waals surface area contributed by atoms with Crippen LogP contribution in [0.4, 0.5) is 17.3 Å². The van der Waals surface area contributed by atoms with Crippen molar-refractivity contribution in [2.45, 2.75) is 20.4 Å². The lowest BCUT2D eigenvalue weighted by atomic mass is 10.1. The number of benzene rings is 2. The molecule has 35 heavy (non-hydrogen) atoms. The minimum atomic E-state index is -1.04. The maximum absolute atomic E-state index is 12.8. The van der Waals surface area contributed by atoms with E-state index in [9.17, 15) is 14.7 Å². The van der Waals surface area contributed by atoms with Crippen molar-refractivity contribution in [2.75, 3.05) is 22.5 Å². The number of amides is 1. The molecule has 0 fully saturated rings. The van der Waals surface area contributed by atoms with Gasteiger partial charge in [-0.05, 0) is 47.9 Å². The van der Waals surface area contributed by atoms with Crippen LogP contribution in [0.5, 0.6) is 0 Å². The molecule has 0 saturated heterocycles. The number of nitrogens with one attached hydrogen (secondary N) is 3. The Hall–Kier alpha value is -4.53. The van der Waals surface area contributed by atoms with Gasteiger partial charge in [0, 0.05) is 35.9 Å². The van der Waals surface area contributed by atoms with Crippen LogP contribution in [0.15, 0.2) is 67.1 Å². The number of carbonyl (C=O) groups excluding carboxylic acids is 1. The molecule has 1 amide bonds. The van der Waals surface area contributed by atoms with E-state index in [1.54, 1.807) is 30.5 Å². The second-order valence-electron chi connectivity index (χ2n) is 8.44. The van der Waals surface area contributed by atoms with Crippen LogP contribution in [-0.4, -0.2) is 38.5 Å². The van der Waals surface area contributed by atoms with E-state index in [-0.39, 0.29) is 11.5 Å². The summed E-state index contributed by atoms with van der Waals surface area (Å²) in [4.78, 5) is 36.9. The molecule has 0 bridgehead atoms. The van der Waals surface area contributed by atoms with Gasteiger partial charge < -0.3 is 21.1 Å². The van der Waals surface area contributed by atoms with E-state index in [4.69, 9.17) is 0 Å². The summed E-state index contributed by atoms with van der Waals surface area (Å²) in [6.07, 6.45) is 2.95. The number of hydrogen-bond donors (Lipinski definition) is 4. The van der Waals surface area contributed by atoms with Crippen molar-refractivity contribution in [2.24, 2.45) is 5.92 Å². The van der Waals surface area contributed by atoms with E-state index >= 15 is 0 Å². The fraction of sp³-hybridized carbons (Fsp3) is 0.192. The van der Waals surface area contributed by atoms with E-state index in [2.05, 4.69) is 44.7 Å². The maximum atomic E-state index is 12.8. The lowest BCUT2D eigenvalue weighted by Crippen LogP contribution is -2.14. The highest BCUT2D eigenvalue weighted by molar-refractivity contribution is 6.05. The highest BCUT2D eigenvalue weighted by Crippen LogP contribution is 2.23. The van der Waals surface area contributed by atoms with Gasteiger partial charge >= 0.3 is 5.97 Å². The number of pyridine rings is 1. The Morgan fingerprint density at radius 3 is 2.60 bits per heavy atom. The first-order chi connectivity index (χ1) is 16.9. The topological polar surface area (TPSA) is 129 Å². The van der Waals surface area contributed by atoms with E-state index in [0.29, 0.717) is 46.3 Å². The zero-order valence-corrected chi connectivity index (χ0v) is 19.4. The van der Waals surface area contributed by atoms with Crippen molar-refractivity contribution in [1.29, 1.82) is 0 Å². The zero-order valence-electron chi connectivity index (χ0n) is 19.4. The van der Waals surface area contributed by atoms with Crippen LogP contribution in [0.2, 0.25) is 0 Å². The number of fused-ring (bicyclic) bond motifs is 1. The SMILES string of the molecule is CC(C)CNc1cc(C(=O)Nc2cccc(CNc3ncnc4c(C(=O)O)cccc34)c2)ccn1. The average molecular weight is 471 g/mol. The number of rotatable bonds is 9. The largest absolute Gasteiger partial charge is 0.478 e. The normalized spacial score (nSPS) is 10.8. The quantitative estimate of drug-likeness (QED) is 0.278. The van der Waals surface area contributed by atoms with Gasteiger partial charge in [0.05, 0.1) is 11.1 Å². The van der Waals surface area contributed by atoms with E-state index in [1.165, 1.54) is 12.4 Å². The second kappa shape index (κ2) is 10.6. The van der Waals surface area contributed by atoms with Crippen LogP contribution in [0, 0.1) is 5.92 Å². The van der Waals surface area contributed by atoms with Crippen LogP contribution in [0.25, 0.3) is 10.9 Å². The van der Waals surface area contributed by atoms with Crippen molar-refractivity contribution in [3.8, 4) is 0 Å². The molecule has 9 heteroatoms. The second-order valence-corrected chi connectivity index (χ2v) is 8.44. The molecule has 9 nitrogen and oxygen atoms in total. The number of anilines is 3. The fourth-order valence-corrected chi connectivity index (χ4v) is 3.53. The van der Waals surface area contributed by atoms with E-state index < -0.39 is 5.97 Å². The Kier molecular flexibility index (Phi) is 7.15. The Morgan fingerprint density at radius 1 is 0.971 bits per heavy atom. The molecule has 4 aromatic rings. The molecule has 0 aliphatic carbocycles. The van der Waals surface area contributed by atoms with Crippen molar-refractivity contribution in [3.63, 3.8) is 0 Å². The smallest absolute Gasteiger partial charge is 0.337 e. The highest BCUT2D eigenvalue weighted by atomic mass is 16.4. The Labute approximate surface area is 202 Å². The van der Waals surface area contributed by atoms with Crippen LogP contribution >= 0.6 is 0 Å². The molecule has 178 valence electrons. The maximum Gasteiger partial charge on any atom is 0.337 e. The van der Waals surface area contributed by atoms with Crippen molar-refractivity contribution >= 4 is 40.1 Å². The lowest BCUT2D eigenvalue weighted by molar-refractivity contribution is 0.0698. The predicted octanol–water partition coefficient (Wildman–Crippen LogP) is 4.66. The van der Waals surface area contributed by atoms with Crippen LogP contribution < -0.4 is 16.0 Å². The Morgan fingerprint density at radius 2 is 1.80 bits per heavy atom. The third-order valence-electron chi connectivity index (χ3n) is 5.25. The standard InChI is InChI=1S/C26H26N6O3/c1-16(2)13-28-22-12-18(9-10-27-22)25(33)32-19-6-3-5-17(11-19)14-29-24-20-7-4-8-21(26(34)35)23(20)30-15-31-24/h3-12,15-16H,13-14H2,1-2H3,(H,27,28)(H,32,33)(H,34,35)(H,29,30,31). The number of hydrogen-bond acceptors (Lipinski definition) is 7. The minimum absolute atomic E-state index is 0.122. The summed E-state index contributed by atoms with van der Waals surface area (Å²) in [5.41, 5.74) is 2.58.